The van der Waals surface area contributed by atoms with Crippen LogP contribution in [0.2, 0.25) is 0 Å². The van der Waals surface area contributed by atoms with Gasteiger partial charge in [-0.3, -0.25) is 0 Å². The molecular formula is C17H23O4-. The molecule has 0 radical (unpaired) electrons. The van der Waals surface area contributed by atoms with Crippen LogP contribution in [0.25, 0.3) is 0 Å². The molecule has 1 aromatic carbocycles. The molecule has 0 amide bonds. The van der Waals surface area contributed by atoms with E-state index in [0.717, 1.165) is 11.3 Å². The third-order valence-electron chi connectivity index (χ3n) is 3.11. The lowest BCUT2D eigenvalue weighted by atomic mass is 9.85. The maximum Gasteiger partial charge on any atom is 0.252 e. The first-order valence-electron chi connectivity index (χ1n) is 6.98. The molecule has 0 heterocycles. The van der Waals surface area contributed by atoms with Gasteiger partial charge in [0, 0.05) is 6.42 Å². The van der Waals surface area contributed by atoms with Gasteiger partial charge < -0.3 is 19.4 Å². The van der Waals surface area contributed by atoms with E-state index in [4.69, 9.17) is 4.74 Å². The molecular weight excluding hydrogens is 268 g/mol. The van der Waals surface area contributed by atoms with E-state index in [2.05, 4.69) is 38.2 Å². The summed E-state index contributed by atoms with van der Waals surface area (Å²) < 4.78 is 10.4. The third-order valence-corrected chi connectivity index (χ3v) is 3.11. The van der Waals surface area contributed by atoms with Gasteiger partial charge in [0.05, 0.1) is 12.7 Å². The third kappa shape index (κ3) is 5.50. The van der Waals surface area contributed by atoms with Crippen molar-refractivity contribution < 1.29 is 19.4 Å². The molecule has 0 spiro atoms. The van der Waals surface area contributed by atoms with Crippen LogP contribution in [-0.4, -0.2) is 18.9 Å². The molecule has 0 aliphatic carbocycles. The first-order chi connectivity index (χ1) is 9.74. The summed E-state index contributed by atoms with van der Waals surface area (Å²) >= 11 is 0. The van der Waals surface area contributed by atoms with Gasteiger partial charge >= 0.3 is 0 Å². The van der Waals surface area contributed by atoms with Crippen molar-refractivity contribution in [1.29, 1.82) is 0 Å². The molecule has 0 saturated carbocycles. The van der Waals surface area contributed by atoms with E-state index in [9.17, 15) is 9.90 Å². The zero-order valence-electron chi connectivity index (χ0n) is 13.1. The lowest BCUT2D eigenvalue weighted by Gasteiger charge is -2.24. The SMILES string of the molecule is C=CC(CCOc1ccc(C)cc1C(C)(C)C)OC(=O)[O-]. The van der Waals surface area contributed by atoms with Crippen LogP contribution in [-0.2, 0) is 10.2 Å². The van der Waals surface area contributed by atoms with Crippen molar-refractivity contribution in [2.75, 3.05) is 6.61 Å². The van der Waals surface area contributed by atoms with Crippen molar-refractivity contribution in [1.82, 2.24) is 0 Å². The summed E-state index contributed by atoms with van der Waals surface area (Å²) in [7, 11) is 0. The van der Waals surface area contributed by atoms with Gasteiger partial charge in [-0.2, -0.15) is 0 Å². The lowest BCUT2D eigenvalue weighted by molar-refractivity contribution is -0.286. The Morgan fingerprint density at radius 2 is 2.10 bits per heavy atom. The van der Waals surface area contributed by atoms with Crippen molar-refractivity contribution in [3.63, 3.8) is 0 Å². The summed E-state index contributed by atoms with van der Waals surface area (Å²) in [4.78, 5) is 10.4. The topological polar surface area (TPSA) is 58.6 Å². The monoisotopic (exact) mass is 291 g/mol. The predicted molar refractivity (Wildman–Crippen MR) is 80.5 cm³/mol. The zero-order chi connectivity index (χ0) is 16.0. The number of aryl methyl sites for hydroxylation is 1. The minimum atomic E-state index is -1.55. The molecule has 1 rings (SSSR count). The standard InChI is InChI=1S/C17H24O4/c1-6-13(21-16(18)19)9-10-20-15-8-7-12(2)11-14(15)17(3,4)5/h6-8,11,13H,1,9-10H2,2-5H3,(H,18,19)/p-1. The number of carbonyl (C=O) groups is 1. The number of carboxylic acid groups (broad SMARTS) is 1. The van der Waals surface area contributed by atoms with E-state index in [0.29, 0.717) is 13.0 Å². The Bertz CT molecular complexity index is 500. The van der Waals surface area contributed by atoms with Crippen molar-refractivity contribution in [3.8, 4) is 5.75 Å². The van der Waals surface area contributed by atoms with Crippen LogP contribution in [0.4, 0.5) is 4.79 Å². The molecule has 0 aliphatic rings. The summed E-state index contributed by atoms with van der Waals surface area (Å²) in [5.74, 6) is 0.810. The van der Waals surface area contributed by atoms with Gasteiger partial charge in [-0.25, -0.2) is 0 Å². The number of rotatable bonds is 6. The Hall–Kier alpha value is -1.97. The molecule has 1 aromatic rings. The second-order valence-electron chi connectivity index (χ2n) is 6.03. The normalized spacial score (nSPS) is 12.6. The average Bonchev–Trinajstić information content (AvgIpc) is 2.37. The number of hydrogen-bond acceptors (Lipinski definition) is 4. The fraction of sp³-hybridized carbons (Fsp3) is 0.471. The van der Waals surface area contributed by atoms with E-state index >= 15 is 0 Å². The molecule has 4 heteroatoms. The molecule has 1 unspecified atom stereocenters. The van der Waals surface area contributed by atoms with Gasteiger partial charge in [0.15, 0.2) is 0 Å². The molecule has 0 saturated heterocycles. The van der Waals surface area contributed by atoms with Gasteiger partial charge in [0.25, 0.3) is 6.16 Å². The first kappa shape index (κ1) is 17.1. The Morgan fingerprint density at radius 1 is 1.43 bits per heavy atom. The van der Waals surface area contributed by atoms with Crippen LogP contribution < -0.4 is 9.84 Å². The largest absolute Gasteiger partial charge is 0.542 e. The summed E-state index contributed by atoms with van der Waals surface area (Å²) in [5, 5.41) is 10.4. The molecule has 0 aromatic heterocycles. The highest BCUT2D eigenvalue weighted by atomic mass is 16.7. The van der Waals surface area contributed by atoms with Crippen molar-refractivity contribution in [2.45, 2.75) is 45.6 Å². The Labute approximate surface area is 126 Å². The van der Waals surface area contributed by atoms with Crippen molar-refractivity contribution >= 4 is 6.16 Å². The van der Waals surface area contributed by atoms with Crippen LogP contribution in [0.3, 0.4) is 0 Å². The first-order valence-corrected chi connectivity index (χ1v) is 6.98. The second-order valence-corrected chi connectivity index (χ2v) is 6.03. The summed E-state index contributed by atoms with van der Waals surface area (Å²) in [6.07, 6.45) is -0.336. The summed E-state index contributed by atoms with van der Waals surface area (Å²) in [5.41, 5.74) is 2.27. The predicted octanol–water partition coefficient (Wildman–Crippen LogP) is 2.98. The Balaban J connectivity index is 2.71. The lowest BCUT2D eigenvalue weighted by Crippen LogP contribution is -2.29. The minimum Gasteiger partial charge on any atom is -0.542 e. The molecule has 0 aliphatic heterocycles. The molecule has 21 heavy (non-hydrogen) atoms. The van der Waals surface area contributed by atoms with Crippen LogP contribution in [0.15, 0.2) is 30.9 Å². The molecule has 0 N–H and O–H groups in total. The Kier molecular flexibility index (Phi) is 5.82. The smallest absolute Gasteiger partial charge is 0.252 e. The highest BCUT2D eigenvalue weighted by Crippen LogP contribution is 2.32. The summed E-state index contributed by atoms with van der Waals surface area (Å²) in [6, 6.07) is 6.05. The number of carbonyl (C=O) groups excluding carboxylic acids is 1. The van der Waals surface area contributed by atoms with E-state index in [1.807, 2.05) is 19.1 Å². The van der Waals surface area contributed by atoms with Crippen LogP contribution in [0, 0.1) is 6.92 Å². The molecule has 1 atom stereocenters. The van der Waals surface area contributed by atoms with Crippen LogP contribution in [0.1, 0.15) is 38.3 Å². The number of hydrogen-bond donors (Lipinski definition) is 0. The molecule has 0 fully saturated rings. The quantitative estimate of drug-likeness (QED) is 0.597. The van der Waals surface area contributed by atoms with Gasteiger partial charge in [0.2, 0.25) is 0 Å². The maximum absolute atomic E-state index is 10.4. The van der Waals surface area contributed by atoms with Gasteiger partial charge in [-0.1, -0.05) is 44.5 Å². The number of benzene rings is 1. The van der Waals surface area contributed by atoms with Gasteiger partial charge in [-0.05, 0) is 24.0 Å². The highest BCUT2D eigenvalue weighted by molar-refractivity contribution is 5.54. The minimum absolute atomic E-state index is 0.0271. The average molecular weight is 291 g/mol. The fourth-order valence-electron chi connectivity index (χ4n) is 1.99. The zero-order valence-corrected chi connectivity index (χ0v) is 13.1. The fourth-order valence-corrected chi connectivity index (χ4v) is 1.99. The van der Waals surface area contributed by atoms with E-state index < -0.39 is 12.3 Å². The molecule has 116 valence electrons. The van der Waals surface area contributed by atoms with E-state index in [-0.39, 0.29) is 5.41 Å². The summed E-state index contributed by atoms with van der Waals surface area (Å²) in [6.45, 7) is 12.3. The van der Waals surface area contributed by atoms with Gasteiger partial charge in [0.1, 0.15) is 5.75 Å². The Morgan fingerprint density at radius 3 is 2.62 bits per heavy atom. The van der Waals surface area contributed by atoms with E-state index in [1.165, 1.54) is 11.6 Å². The molecule has 0 bridgehead atoms. The van der Waals surface area contributed by atoms with Crippen molar-refractivity contribution in [3.05, 3.63) is 42.0 Å². The molecule has 4 nitrogen and oxygen atoms in total. The highest BCUT2D eigenvalue weighted by Gasteiger charge is 2.19. The number of ether oxygens (including phenoxy) is 2. The maximum atomic E-state index is 10.4. The van der Waals surface area contributed by atoms with Crippen LogP contribution >= 0.6 is 0 Å². The van der Waals surface area contributed by atoms with Crippen molar-refractivity contribution in [2.24, 2.45) is 0 Å². The van der Waals surface area contributed by atoms with E-state index in [1.54, 1.807) is 0 Å². The van der Waals surface area contributed by atoms with Gasteiger partial charge in [-0.15, -0.1) is 6.58 Å². The van der Waals surface area contributed by atoms with Crippen LogP contribution in [0.5, 0.6) is 5.75 Å². The second kappa shape index (κ2) is 7.16.